The van der Waals surface area contributed by atoms with Gasteiger partial charge in [0.05, 0.1) is 15.1 Å². The Morgan fingerprint density at radius 2 is 1.44 bits per heavy atom. The first kappa shape index (κ1) is 7.20. The maximum absolute atomic E-state index is 5.51. The van der Waals surface area contributed by atoms with Gasteiger partial charge in [0.15, 0.2) is 0 Å². The van der Waals surface area contributed by atoms with E-state index in [1.807, 2.05) is 0 Å². The van der Waals surface area contributed by atoms with Gasteiger partial charge in [-0.15, -0.1) is 0 Å². The normalized spacial score (nSPS) is 9.67. The van der Waals surface area contributed by atoms with Crippen molar-refractivity contribution in [3.8, 4) is 0 Å². The van der Waals surface area contributed by atoms with Gasteiger partial charge in [0.2, 0.25) is 0 Å². The molecule has 0 aliphatic rings. The topological polar surface area (TPSA) is 0 Å². The van der Waals surface area contributed by atoms with Crippen LogP contribution in [0.4, 0.5) is 0 Å². The second-order valence-corrected chi connectivity index (χ2v) is 2.60. The van der Waals surface area contributed by atoms with Crippen molar-refractivity contribution in [2.45, 2.75) is 0 Å². The van der Waals surface area contributed by atoms with Crippen LogP contribution in [-0.4, -0.2) is 0 Å². The Morgan fingerprint density at radius 1 is 1.00 bits per heavy atom. The van der Waals surface area contributed by atoms with Crippen LogP contribution >= 0.6 is 34.8 Å². The average Bonchev–Trinajstić information content (AvgIpc) is 1.59. The smallest absolute Gasteiger partial charge is 0.0594 e. The highest BCUT2D eigenvalue weighted by atomic mass is 35.5. The summed E-state index contributed by atoms with van der Waals surface area (Å²) in [6.07, 6.45) is 0. The van der Waals surface area contributed by atoms with E-state index in [2.05, 4.69) is 12.1 Å². The molecule has 0 aromatic heterocycles. The summed E-state index contributed by atoms with van der Waals surface area (Å²) in [5.74, 6) is 0. The molecule has 0 bridgehead atoms. The zero-order valence-corrected chi connectivity index (χ0v) is 6.48. The minimum atomic E-state index is 0.313. The van der Waals surface area contributed by atoms with Gasteiger partial charge >= 0.3 is 0 Å². The quantitative estimate of drug-likeness (QED) is 0.573. The monoisotopic (exact) mass is 178 g/mol. The Labute approximate surface area is 68.3 Å². The lowest BCUT2D eigenvalue weighted by atomic mass is 10.4. The van der Waals surface area contributed by atoms with E-state index in [9.17, 15) is 0 Å². The lowest BCUT2D eigenvalue weighted by Gasteiger charge is -1.90. The number of benzene rings is 1. The molecule has 1 aromatic rings. The molecule has 1 rings (SSSR count). The van der Waals surface area contributed by atoms with Crippen LogP contribution in [0.3, 0.4) is 0 Å². The molecule has 9 heavy (non-hydrogen) atoms. The first-order valence-corrected chi connectivity index (χ1v) is 3.28. The standard InChI is InChI=1S/C6HCl3/c7-4-1-5(8)3-6(9)2-4/h1H. The average molecular weight is 179 g/mol. The van der Waals surface area contributed by atoms with E-state index in [4.69, 9.17) is 34.8 Å². The first-order chi connectivity index (χ1) is 4.18. The lowest BCUT2D eigenvalue weighted by molar-refractivity contribution is 1.67. The highest BCUT2D eigenvalue weighted by Gasteiger charge is 1.94. The van der Waals surface area contributed by atoms with Crippen molar-refractivity contribution >= 4 is 34.8 Å². The Morgan fingerprint density at radius 3 is 1.78 bits per heavy atom. The van der Waals surface area contributed by atoms with Crippen LogP contribution in [0.25, 0.3) is 0 Å². The Balaban J connectivity index is 3.17. The predicted molar refractivity (Wildman–Crippen MR) is 39.1 cm³/mol. The van der Waals surface area contributed by atoms with E-state index >= 15 is 0 Å². The summed E-state index contributed by atoms with van der Waals surface area (Å²) >= 11 is 16.5. The molecule has 0 aliphatic heterocycles. The minimum Gasteiger partial charge on any atom is -0.0835 e. The van der Waals surface area contributed by atoms with Gasteiger partial charge in [-0.2, -0.15) is 0 Å². The zero-order valence-electron chi connectivity index (χ0n) is 4.21. The lowest BCUT2D eigenvalue weighted by Crippen LogP contribution is -1.67. The maximum atomic E-state index is 5.51. The summed E-state index contributed by atoms with van der Waals surface area (Å²) < 4.78 is 0. The molecule has 0 N–H and O–H groups in total. The fourth-order valence-electron chi connectivity index (χ4n) is 0.424. The molecular weight excluding hydrogens is 178 g/mol. The number of hydrogen-bond acceptors (Lipinski definition) is 0. The predicted octanol–water partition coefficient (Wildman–Crippen LogP) is 3.25. The van der Waals surface area contributed by atoms with E-state index in [-0.39, 0.29) is 0 Å². The van der Waals surface area contributed by atoms with Crippen LogP contribution in [0, 0.1) is 12.1 Å². The van der Waals surface area contributed by atoms with E-state index in [0.29, 0.717) is 15.1 Å². The SMILES string of the molecule is Clc1[c]c(Cl)cc(Cl)[c]1. The van der Waals surface area contributed by atoms with Gasteiger partial charge < -0.3 is 0 Å². The van der Waals surface area contributed by atoms with E-state index in [0.717, 1.165) is 0 Å². The highest BCUT2D eigenvalue weighted by molar-refractivity contribution is 6.37. The van der Waals surface area contributed by atoms with Crippen LogP contribution in [-0.2, 0) is 0 Å². The molecule has 0 heterocycles. The van der Waals surface area contributed by atoms with Crippen molar-refractivity contribution in [1.82, 2.24) is 0 Å². The summed E-state index contributed by atoms with van der Waals surface area (Å²) in [6, 6.07) is 6.73. The fourth-order valence-corrected chi connectivity index (χ4v) is 1.19. The van der Waals surface area contributed by atoms with Gasteiger partial charge in [0, 0.05) is 12.1 Å². The van der Waals surface area contributed by atoms with Gasteiger partial charge in [-0.3, -0.25) is 0 Å². The van der Waals surface area contributed by atoms with E-state index in [1.54, 1.807) is 0 Å². The van der Waals surface area contributed by atoms with Crippen molar-refractivity contribution in [1.29, 1.82) is 0 Å². The van der Waals surface area contributed by atoms with Crippen LogP contribution in [0.1, 0.15) is 0 Å². The van der Waals surface area contributed by atoms with Gasteiger partial charge in [-0.1, -0.05) is 34.8 Å². The second-order valence-electron chi connectivity index (χ2n) is 1.40. The van der Waals surface area contributed by atoms with E-state index < -0.39 is 0 Å². The number of hydrogen-bond donors (Lipinski definition) is 0. The third-order valence-electron chi connectivity index (χ3n) is 0.712. The van der Waals surface area contributed by atoms with Crippen molar-refractivity contribution in [2.24, 2.45) is 0 Å². The summed E-state index contributed by atoms with van der Waals surface area (Å²) in [5.41, 5.74) is 0. The second kappa shape index (κ2) is 2.78. The molecule has 0 atom stereocenters. The Bertz CT molecular complexity index is 169. The zero-order chi connectivity index (χ0) is 6.85. The minimum absolute atomic E-state index is 0.313. The third kappa shape index (κ3) is 2.05. The summed E-state index contributed by atoms with van der Waals surface area (Å²) in [4.78, 5) is 0. The van der Waals surface area contributed by atoms with E-state index in [1.165, 1.54) is 6.07 Å². The van der Waals surface area contributed by atoms with Crippen molar-refractivity contribution < 1.29 is 0 Å². The van der Waals surface area contributed by atoms with Crippen LogP contribution in [0.15, 0.2) is 6.07 Å². The molecule has 0 saturated carbocycles. The molecule has 46 valence electrons. The molecule has 0 unspecified atom stereocenters. The molecule has 0 spiro atoms. The largest absolute Gasteiger partial charge is 0.0835 e. The Hall–Kier alpha value is 0.0900. The van der Waals surface area contributed by atoms with Crippen LogP contribution < -0.4 is 0 Å². The first-order valence-electron chi connectivity index (χ1n) is 2.14. The molecule has 0 fully saturated rings. The van der Waals surface area contributed by atoms with Crippen molar-refractivity contribution in [3.05, 3.63) is 33.3 Å². The highest BCUT2D eigenvalue weighted by Crippen LogP contribution is 2.20. The van der Waals surface area contributed by atoms with Gasteiger partial charge in [-0.05, 0) is 6.07 Å². The Kier molecular flexibility index (Phi) is 2.23. The molecular formula is C6HCl3. The van der Waals surface area contributed by atoms with Crippen LogP contribution in [0.2, 0.25) is 15.1 Å². The van der Waals surface area contributed by atoms with Crippen molar-refractivity contribution in [3.63, 3.8) is 0 Å². The maximum Gasteiger partial charge on any atom is 0.0594 e. The molecule has 0 aliphatic carbocycles. The third-order valence-corrected chi connectivity index (χ3v) is 1.31. The molecule has 2 radical (unpaired) electrons. The van der Waals surface area contributed by atoms with Crippen LogP contribution in [0.5, 0.6) is 0 Å². The van der Waals surface area contributed by atoms with Crippen molar-refractivity contribution in [2.75, 3.05) is 0 Å². The van der Waals surface area contributed by atoms with Gasteiger partial charge in [0.1, 0.15) is 0 Å². The summed E-state index contributed by atoms with van der Waals surface area (Å²) in [7, 11) is 0. The molecule has 0 amide bonds. The molecule has 0 nitrogen and oxygen atoms in total. The number of halogens is 3. The molecule has 3 heteroatoms. The molecule has 0 saturated heterocycles. The summed E-state index contributed by atoms with van der Waals surface area (Å²) in [6.45, 7) is 0. The van der Waals surface area contributed by atoms with Gasteiger partial charge in [0.25, 0.3) is 0 Å². The summed E-state index contributed by atoms with van der Waals surface area (Å²) in [5, 5.41) is 1.13. The molecule has 1 aromatic carbocycles. The van der Waals surface area contributed by atoms with Gasteiger partial charge in [-0.25, -0.2) is 0 Å². The number of rotatable bonds is 0. The fraction of sp³-hybridized carbons (Fsp3) is 0.